The minimum Gasteiger partial charge on any atom is -0.488 e. The first-order chi connectivity index (χ1) is 17.1. The molecule has 1 N–H and O–H groups in total. The van der Waals surface area contributed by atoms with Crippen molar-refractivity contribution in [1.82, 2.24) is 24.8 Å². The molecule has 0 bridgehead atoms. The number of anilines is 2. The number of nitrogens with one attached hydrogen (secondary N) is 1. The predicted molar refractivity (Wildman–Crippen MR) is 133 cm³/mol. The lowest BCUT2D eigenvalue weighted by Crippen LogP contribution is -2.36. The molecule has 0 atom stereocenters. The fourth-order valence-corrected chi connectivity index (χ4v) is 4.58. The Bertz CT molecular complexity index is 1160. The number of hydrogen-bond acceptors (Lipinski definition) is 9. The van der Waals surface area contributed by atoms with E-state index in [0.717, 1.165) is 74.5 Å². The Labute approximate surface area is 204 Å². The number of aromatic nitrogens is 4. The van der Waals surface area contributed by atoms with Crippen LogP contribution in [0.3, 0.4) is 0 Å². The molecule has 5 rings (SSSR count). The zero-order valence-corrected chi connectivity index (χ0v) is 20.2. The Kier molecular flexibility index (Phi) is 6.89. The molecular weight excluding hydrogens is 446 g/mol. The molecule has 1 saturated heterocycles. The Morgan fingerprint density at radius 2 is 1.74 bits per heavy atom. The van der Waals surface area contributed by atoms with E-state index >= 15 is 0 Å². The molecule has 2 fully saturated rings. The van der Waals surface area contributed by atoms with E-state index in [1.165, 1.54) is 4.90 Å². The van der Waals surface area contributed by atoms with Gasteiger partial charge in [-0.1, -0.05) is 0 Å². The van der Waals surface area contributed by atoms with E-state index in [1.54, 1.807) is 38.9 Å². The number of morpholine rings is 1. The van der Waals surface area contributed by atoms with Gasteiger partial charge in [0.2, 0.25) is 5.95 Å². The minimum atomic E-state index is -0.107. The number of ether oxygens (including phenoxy) is 2. The summed E-state index contributed by atoms with van der Waals surface area (Å²) < 4.78 is 12.0. The lowest BCUT2D eigenvalue weighted by atomic mass is 9.93. The topological polar surface area (TPSA) is 106 Å². The summed E-state index contributed by atoms with van der Waals surface area (Å²) in [7, 11) is 3.42. The van der Waals surface area contributed by atoms with Crippen LogP contribution >= 0.6 is 0 Å². The number of carbonyl (C=O) groups excluding carboxylic acids is 1. The second-order valence-corrected chi connectivity index (χ2v) is 9.20. The second-order valence-electron chi connectivity index (χ2n) is 9.20. The molecular formula is C25H31N7O3. The van der Waals surface area contributed by atoms with Gasteiger partial charge in [-0.3, -0.25) is 9.78 Å². The van der Waals surface area contributed by atoms with Crippen LogP contribution < -0.4 is 15.0 Å². The lowest BCUT2D eigenvalue weighted by Gasteiger charge is -2.31. The Balaban J connectivity index is 1.22. The standard InChI is InChI=1S/C25H31N7O3/c1-31(2)24(33)17-15-28-25(29-16-17)30-18-3-5-20(6-4-18)35-22-14-19(32-9-11-34-12-10-32)13-21-23(22)27-8-7-26-21/h7-8,13-16,18,20H,3-6,9-12H2,1-2H3,(H,28,29,30). The van der Waals surface area contributed by atoms with E-state index < -0.39 is 0 Å². The highest BCUT2D eigenvalue weighted by molar-refractivity contribution is 5.93. The van der Waals surface area contributed by atoms with Crippen LogP contribution in [0.15, 0.2) is 36.9 Å². The van der Waals surface area contributed by atoms with Crippen LogP contribution in [-0.4, -0.2) is 83.3 Å². The van der Waals surface area contributed by atoms with Crippen molar-refractivity contribution in [3.8, 4) is 5.75 Å². The van der Waals surface area contributed by atoms with Crippen molar-refractivity contribution in [2.24, 2.45) is 0 Å². The van der Waals surface area contributed by atoms with Gasteiger partial charge in [-0.15, -0.1) is 0 Å². The quantitative estimate of drug-likeness (QED) is 0.574. The van der Waals surface area contributed by atoms with Crippen molar-refractivity contribution >= 4 is 28.6 Å². The van der Waals surface area contributed by atoms with E-state index in [1.807, 2.05) is 0 Å². The molecule has 3 heterocycles. The Morgan fingerprint density at radius 3 is 2.46 bits per heavy atom. The third-order valence-corrected chi connectivity index (χ3v) is 6.51. The monoisotopic (exact) mass is 477 g/mol. The zero-order valence-electron chi connectivity index (χ0n) is 20.2. The summed E-state index contributed by atoms with van der Waals surface area (Å²) in [5.74, 6) is 1.23. The van der Waals surface area contributed by atoms with Gasteiger partial charge in [0.05, 0.1) is 30.4 Å². The van der Waals surface area contributed by atoms with Crippen LogP contribution in [0.4, 0.5) is 11.6 Å². The average Bonchev–Trinajstić information content (AvgIpc) is 2.90. The van der Waals surface area contributed by atoms with E-state index in [2.05, 4.69) is 42.3 Å². The van der Waals surface area contributed by atoms with Crippen LogP contribution in [0.25, 0.3) is 11.0 Å². The molecule has 2 aromatic heterocycles. The van der Waals surface area contributed by atoms with Gasteiger partial charge in [0.15, 0.2) is 0 Å². The Morgan fingerprint density at radius 1 is 1.03 bits per heavy atom. The maximum Gasteiger partial charge on any atom is 0.256 e. The van der Waals surface area contributed by atoms with E-state index in [0.29, 0.717) is 11.5 Å². The molecule has 10 nitrogen and oxygen atoms in total. The number of amides is 1. The molecule has 1 amide bonds. The first-order valence-electron chi connectivity index (χ1n) is 12.1. The highest BCUT2D eigenvalue weighted by atomic mass is 16.5. The molecule has 184 valence electrons. The third kappa shape index (κ3) is 5.43. The maximum absolute atomic E-state index is 12.0. The molecule has 1 aliphatic heterocycles. The normalized spacial score (nSPS) is 20.5. The first-order valence-corrected chi connectivity index (χ1v) is 12.1. The number of hydrogen-bond donors (Lipinski definition) is 1. The van der Waals surface area contributed by atoms with Gasteiger partial charge in [0.1, 0.15) is 11.3 Å². The summed E-state index contributed by atoms with van der Waals surface area (Å²) in [6.45, 7) is 3.16. The van der Waals surface area contributed by atoms with Crippen LogP contribution in [0, 0.1) is 0 Å². The van der Waals surface area contributed by atoms with Crippen molar-refractivity contribution in [2.75, 3.05) is 50.6 Å². The van der Waals surface area contributed by atoms with Gasteiger partial charge in [0, 0.05) is 69.8 Å². The molecule has 2 aliphatic rings. The van der Waals surface area contributed by atoms with Gasteiger partial charge >= 0.3 is 0 Å². The highest BCUT2D eigenvalue weighted by Gasteiger charge is 2.25. The van der Waals surface area contributed by atoms with Crippen molar-refractivity contribution < 1.29 is 14.3 Å². The summed E-state index contributed by atoms with van der Waals surface area (Å²) in [6.07, 6.45) is 10.4. The molecule has 3 aromatic rings. The smallest absolute Gasteiger partial charge is 0.256 e. The van der Waals surface area contributed by atoms with Crippen molar-refractivity contribution in [3.63, 3.8) is 0 Å². The van der Waals surface area contributed by atoms with Gasteiger partial charge in [0.25, 0.3) is 5.91 Å². The number of carbonyl (C=O) groups is 1. The molecule has 0 spiro atoms. The molecule has 35 heavy (non-hydrogen) atoms. The molecule has 1 aromatic carbocycles. The predicted octanol–water partition coefficient (Wildman–Crippen LogP) is 2.76. The van der Waals surface area contributed by atoms with Crippen LogP contribution in [0.2, 0.25) is 0 Å². The van der Waals surface area contributed by atoms with E-state index in [-0.39, 0.29) is 18.1 Å². The van der Waals surface area contributed by atoms with E-state index in [4.69, 9.17) is 9.47 Å². The lowest BCUT2D eigenvalue weighted by molar-refractivity contribution is 0.0826. The number of fused-ring (bicyclic) bond motifs is 1. The SMILES string of the molecule is CN(C)C(=O)c1cnc(NC2CCC(Oc3cc(N4CCOCC4)cc4nccnc34)CC2)nc1. The van der Waals surface area contributed by atoms with Gasteiger partial charge in [-0.2, -0.15) is 0 Å². The first kappa shape index (κ1) is 23.2. The van der Waals surface area contributed by atoms with Gasteiger partial charge in [-0.25, -0.2) is 15.0 Å². The van der Waals surface area contributed by atoms with Crippen molar-refractivity contribution in [3.05, 3.63) is 42.5 Å². The number of nitrogens with zero attached hydrogens (tertiary/aromatic N) is 6. The summed E-state index contributed by atoms with van der Waals surface area (Å²) in [5.41, 5.74) is 3.22. The average molecular weight is 478 g/mol. The van der Waals surface area contributed by atoms with Crippen molar-refractivity contribution in [2.45, 2.75) is 37.8 Å². The fraction of sp³-hybridized carbons (Fsp3) is 0.480. The second kappa shape index (κ2) is 10.4. The molecule has 1 aliphatic carbocycles. The Hall–Kier alpha value is -3.53. The van der Waals surface area contributed by atoms with Crippen LogP contribution in [0.1, 0.15) is 36.0 Å². The summed E-state index contributed by atoms with van der Waals surface area (Å²) >= 11 is 0. The molecule has 1 saturated carbocycles. The van der Waals surface area contributed by atoms with Crippen LogP contribution in [0.5, 0.6) is 5.75 Å². The highest BCUT2D eigenvalue weighted by Crippen LogP contribution is 2.33. The minimum absolute atomic E-state index is 0.107. The molecule has 10 heteroatoms. The maximum atomic E-state index is 12.0. The number of rotatable bonds is 6. The zero-order chi connectivity index (χ0) is 24.2. The van der Waals surface area contributed by atoms with E-state index in [9.17, 15) is 4.79 Å². The molecule has 0 unspecified atom stereocenters. The largest absolute Gasteiger partial charge is 0.488 e. The summed E-state index contributed by atoms with van der Waals surface area (Å²) in [6, 6.07) is 4.44. The summed E-state index contributed by atoms with van der Waals surface area (Å²) in [5, 5.41) is 3.40. The fourth-order valence-electron chi connectivity index (χ4n) is 4.58. The molecule has 0 radical (unpaired) electrons. The number of benzene rings is 1. The summed E-state index contributed by atoms with van der Waals surface area (Å²) in [4.78, 5) is 33.6. The van der Waals surface area contributed by atoms with Crippen LogP contribution in [-0.2, 0) is 4.74 Å². The van der Waals surface area contributed by atoms with Gasteiger partial charge < -0.3 is 24.6 Å². The van der Waals surface area contributed by atoms with Gasteiger partial charge in [-0.05, 0) is 31.7 Å². The van der Waals surface area contributed by atoms with Crippen molar-refractivity contribution in [1.29, 1.82) is 0 Å². The third-order valence-electron chi connectivity index (χ3n) is 6.51.